The molecule has 0 saturated heterocycles. The van der Waals surface area contributed by atoms with Crippen molar-refractivity contribution in [1.29, 1.82) is 0 Å². The molecule has 176 valence electrons. The molecule has 1 heterocycles. The molecule has 0 saturated carbocycles. The summed E-state index contributed by atoms with van der Waals surface area (Å²) in [6, 6.07) is 11.7. The van der Waals surface area contributed by atoms with Gasteiger partial charge in [-0.2, -0.15) is 0 Å². The molecule has 0 atom stereocenters. The van der Waals surface area contributed by atoms with Crippen LogP contribution in [0.15, 0.2) is 36.4 Å². The predicted octanol–water partition coefficient (Wildman–Crippen LogP) is 4.99. The molecule has 6 nitrogen and oxygen atoms in total. The van der Waals surface area contributed by atoms with Crippen molar-refractivity contribution in [2.75, 3.05) is 52.9 Å². The van der Waals surface area contributed by atoms with E-state index in [2.05, 4.69) is 26.8 Å². The van der Waals surface area contributed by atoms with Crippen LogP contribution in [-0.4, -0.2) is 52.9 Å². The summed E-state index contributed by atoms with van der Waals surface area (Å²) in [4.78, 5) is 0. The minimum atomic E-state index is 0.0160. The summed E-state index contributed by atoms with van der Waals surface area (Å²) in [6.45, 7) is 9.90. The van der Waals surface area contributed by atoms with Gasteiger partial charge in [0, 0.05) is 5.88 Å². The molecule has 2 aromatic rings. The van der Waals surface area contributed by atoms with Crippen molar-refractivity contribution in [3.8, 4) is 23.0 Å². The fourth-order valence-electron chi connectivity index (χ4n) is 3.12. The van der Waals surface area contributed by atoms with Gasteiger partial charge in [0.15, 0.2) is 23.0 Å². The first-order valence-electron chi connectivity index (χ1n) is 11.0. The van der Waals surface area contributed by atoms with Crippen LogP contribution < -0.4 is 18.9 Å². The highest BCUT2D eigenvalue weighted by molar-refractivity contribution is 6.17. The summed E-state index contributed by atoms with van der Waals surface area (Å²) in [7, 11) is 0. The van der Waals surface area contributed by atoms with E-state index in [0.29, 0.717) is 81.7 Å². The fourth-order valence-corrected chi connectivity index (χ4v) is 3.29. The Morgan fingerprint density at radius 2 is 1.09 bits per heavy atom. The monoisotopic (exact) mass is 464 g/mol. The van der Waals surface area contributed by atoms with Crippen LogP contribution >= 0.6 is 11.6 Å². The molecule has 3 rings (SSSR count). The molecule has 1 aliphatic heterocycles. The maximum Gasteiger partial charge on any atom is 0.161 e. The average molecular weight is 465 g/mol. The van der Waals surface area contributed by atoms with Gasteiger partial charge in [0.05, 0.1) is 26.4 Å². The maximum atomic E-state index is 5.99. The molecule has 0 unspecified atom stereocenters. The number of alkyl halides is 1. The normalized spacial score (nSPS) is 16.6. The zero-order valence-electron chi connectivity index (χ0n) is 19.2. The molecule has 0 bridgehead atoms. The van der Waals surface area contributed by atoms with Gasteiger partial charge >= 0.3 is 0 Å². The van der Waals surface area contributed by atoms with Gasteiger partial charge in [-0.15, -0.1) is 11.6 Å². The number of rotatable bonds is 1. The molecule has 0 aliphatic carbocycles. The second-order valence-corrected chi connectivity index (χ2v) is 8.71. The van der Waals surface area contributed by atoms with E-state index in [0.717, 1.165) is 5.56 Å². The Morgan fingerprint density at radius 1 is 0.625 bits per heavy atom. The first-order chi connectivity index (χ1) is 15.5. The summed E-state index contributed by atoms with van der Waals surface area (Å²) in [6.07, 6.45) is 0. The van der Waals surface area contributed by atoms with Crippen molar-refractivity contribution in [1.82, 2.24) is 0 Å². The molecule has 0 fully saturated rings. The second kappa shape index (κ2) is 12.2. The molecular weight excluding hydrogens is 432 g/mol. The lowest BCUT2D eigenvalue weighted by atomic mass is 9.87. The van der Waals surface area contributed by atoms with E-state index in [-0.39, 0.29) is 5.41 Å². The Balaban J connectivity index is 1.64. The number of halogens is 1. The Hall–Kier alpha value is -2.15. The van der Waals surface area contributed by atoms with Gasteiger partial charge in [0.1, 0.15) is 26.4 Å². The van der Waals surface area contributed by atoms with Gasteiger partial charge in [0.2, 0.25) is 0 Å². The van der Waals surface area contributed by atoms with Gasteiger partial charge in [-0.05, 0) is 40.8 Å². The molecule has 0 aromatic heterocycles. The highest BCUT2D eigenvalue weighted by Crippen LogP contribution is 2.33. The molecule has 2 aromatic carbocycles. The third-order valence-corrected chi connectivity index (χ3v) is 5.22. The topological polar surface area (TPSA) is 55.4 Å². The standard InChI is InChI=1S/C25H33ClO6/c1-25(2,3)20-5-7-22-24(17-20)32-15-11-28-8-12-29-21-6-4-19(18-26)16-23(21)31-14-10-27-9-13-30-22/h4-7,16-17H,8-15,18H2,1-3H3. The number of benzene rings is 2. The van der Waals surface area contributed by atoms with Crippen LogP contribution in [0.5, 0.6) is 23.0 Å². The van der Waals surface area contributed by atoms with Gasteiger partial charge in [-0.25, -0.2) is 0 Å². The zero-order chi connectivity index (χ0) is 22.8. The van der Waals surface area contributed by atoms with E-state index in [1.165, 1.54) is 5.56 Å². The molecule has 0 radical (unpaired) electrons. The highest BCUT2D eigenvalue weighted by Gasteiger charge is 2.17. The molecule has 0 spiro atoms. The first-order valence-corrected chi connectivity index (χ1v) is 11.5. The summed E-state index contributed by atoms with van der Waals surface area (Å²) in [5.41, 5.74) is 2.16. The average Bonchev–Trinajstić information content (AvgIpc) is 2.77. The lowest BCUT2D eigenvalue weighted by Gasteiger charge is -2.21. The summed E-state index contributed by atoms with van der Waals surface area (Å²) < 4.78 is 35.0. The number of fused-ring (bicyclic) bond motifs is 2. The number of ether oxygens (including phenoxy) is 6. The SMILES string of the molecule is CC(C)(C)c1ccc2c(c1)OCCOCCOc1ccc(CCl)cc1OCCOCCO2. The minimum Gasteiger partial charge on any atom is -0.487 e. The quantitative estimate of drug-likeness (QED) is 0.554. The van der Waals surface area contributed by atoms with Crippen molar-refractivity contribution in [3.05, 3.63) is 47.5 Å². The molecule has 32 heavy (non-hydrogen) atoms. The lowest BCUT2D eigenvalue weighted by molar-refractivity contribution is 0.0639. The van der Waals surface area contributed by atoms with Crippen LogP contribution in [0, 0.1) is 0 Å². The predicted molar refractivity (Wildman–Crippen MR) is 125 cm³/mol. The van der Waals surface area contributed by atoms with Crippen LogP contribution in [0.1, 0.15) is 31.9 Å². The van der Waals surface area contributed by atoms with E-state index < -0.39 is 0 Å². The van der Waals surface area contributed by atoms with E-state index in [4.69, 9.17) is 40.0 Å². The third-order valence-electron chi connectivity index (χ3n) is 4.91. The van der Waals surface area contributed by atoms with E-state index in [9.17, 15) is 0 Å². The van der Waals surface area contributed by atoms with Crippen LogP contribution in [0.4, 0.5) is 0 Å². The summed E-state index contributed by atoms with van der Waals surface area (Å²) >= 11 is 5.95. The van der Waals surface area contributed by atoms with Crippen LogP contribution in [0.3, 0.4) is 0 Å². The van der Waals surface area contributed by atoms with Crippen LogP contribution in [0.2, 0.25) is 0 Å². The van der Waals surface area contributed by atoms with E-state index in [1.807, 2.05) is 30.3 Å². The van der Waals surface area contributed by atoms with Crippen LogP contribution in [-0.2, 0) is 20.8 Å². The van der Waals surface area contributed by atoms with Crippen molar-refractivity contribution >= 4 is 11.6 Å². The van der Waals surface area contributed by atoms with E-state index in [1.54, 1.807) is 0 Å². The van der Waals surface area contributed by atoms with Gasteiger partial charge in [0.25, 0.3) is 0 Å². The molecular formula is C25H33ClO6. The smallest absolute Gasteiger partial charge is 0.161 e. The van der Waals surface area contributed by atoms with Crippen molar-refractivity contribution < 1.29 is 28.4 Å². The number of hydrogen-bond acceptors (Lipinski definition) is 6. The van der Waals surface area contributed by atoms with Crippen LogP contribution in [0.25, 0.3) is 0 Å². The lowest BCUT2D eigenvalue weighted by Crippen LogP contribution is -2.16. The molecule has 7 heteroatoms. The van der Waals surface area contributed by atoms with Gasteiger partial charge < -0.3 is 28.4 Å². The molecule has 0 amide bonds. The Morgan fingerprint density at radius 3 is 1.59 bits per heavy atom. The number of hydrogen-bond donors (Lipinski definition) is 0. The van der Waals surface area contributed by atoms with Crippen molar-refractivity contribution in [2.24, 2.45) is 0 Å². The largest absolute Gasteiger partial charge is 0.487 e. The third kappa shape index (κ3) is 7.47. The Labute approximate surface area is 195 Å². The molecule has 0 N–H and O–H groups in total. The highest BCUT2D eigenvalue weighted by atomic mass is 35.5. The molecule has 1 aliphatic rings. The van der Waals surface area contributed by atoms with E-state index >= 15 is 0 Å². The summed E-state index contributed by atoms with van der Waals surface area (Å²) in [5.74, 6) is 3.13. The Bertz CT molecular complexity index is 849. The minimum absolute atomic E-state index is 0.0160. The van der Waals surface area contributed by atoms with Gasteiger partial charge in [-0.3, -0.25) is 0 Å². The second-order valence-electron chi connectivity index (χ2n) is 8.44. The van der Waals surface area contributed by atoms with Gasteiger partial charge in [-0.1, -0.05) is 32.9 Å². The zero-order valence-corrected chi connectivity index (χ0v) is 19.9. The fraction of sp³-hybridized carbons (Fsp3) is 0.520. The summed E-state index contributed by atoms with van der Waals surface area (Å²) in [5, 5.41) is 0. The Kier molecular flexibility index (Phi) is 9.33. The first kappa shape index (κ1) is 24.5. The van der Waals surface area contributed by atoms with Crippen molar-refractivity contribution in [2.45, 2.75) is 32.1 Å². The van der Waals surface area contributed by atoms with Crippen molar-refractivity contribution in [3.63, 3.8) is 0 Å². The maximum absolute atomic E-state index is 5.99.